The third-order valence-electron chi connectivity index (χ3n) is 2.15. The first kappa shape index (κ1) is 13.7. The molecule has 1 rings (SSSR count). The Hall–Kier alpha value is -0.290. The maximum absolute atomic E-state index is 5.13. The van der Waals surface area contributed by atoms with Crippen LogP contribution in [0.4, 0.5) is 0 Å². The third kappa shape index (κ3) is 3.84. The van der Waals surface area contributed by atoms with Crippen molar-refractivity contribution in [1.82, 2.24) is 0 Å². The van der Waals surface area contributed by atoms with Gasteiger partial charge >= 0.3 is 0 Å². The van der Waals surface area contributed by atoms with Crippen LogP contribution in [0, 0.1) is 0 Å². The summed E-state index contributed by atoms with van der Waals surface area (Å²) in [7, 11) is 3.39. The fourth-order valence-electron chi connectivity index (χ4n) is 1.35. The van der Waals surface area contributed by atoms with Crippen molar-refractivity contribution in [3.8, 4) is 0 Å². The lowest BCUT2D eigenvalue weighted by Gasteiger charge is -2.15. The van der Waals surface area contributed by atoms with Crippen molar-refractivity contribution in [1.29, 1.82) is 0 Å². The van der Waals surface area contributed by atoms with Crippen molar-refractivity contribution in [3.05, 3.63) is 35.6 Å². The number of rotatable bonds is 4. The lowest BCUT2D eigenvalue weighted by Crippen LogP contribution is -2.01. The van der Waals surface area contributed by atoms with Gasteiger partial charge < -0.3 is 9.47 Å². The quantitative estimate of drug-likeness (QED) is 0.743. The summed E-state index contributed by atoms with van der Waals surface area (Å²) >= 11 is 0. The van der Waals surface area contributed by atoms with Gasteiger partial charge in [0, 0.05) is 13.5 Å². The number of ether oxygens (including phenoxy) is 2. The molecule has 0 atom stereocenters. The second-order valence-corrected chi connectivity index (χ2v) is 3.07. The van der Waals surface area contributed by atoms with Gasteiger partial charge in [0.2, 0.25) is 0 Å². The van der Waals surface area contributed by atoms with E-state index in [0.29, 0.717) is 6.61 Å². The van der Waals surface area contributed by atoms with E-state index in [1.165, 1.54) is 5.57 Å². The van der Waals surface area contributed by atoms with Gasteiger partial charge in [0.05, 0.1) is 19.5 Å². The molecule has 0 radical (unpaired) electrons. The van der Waals surface area contributed by atoms with Crippen molar-refractivity contribution in [3.63, 3.8) is 0 Å². The van der Waals surface area contributed by atoms with E-state index in [-0.39, 0.29) is 24.0 Å². The minimum Gasteiger partial charge on any atom is -0.501 e. The summed E-state index contributed by atoms with van der Waals surface area (Å²) in [6.45, 7) is 4.57. The molecule has 0 aliphatic heterocycles. The van der Waals surface area contributed by atoms with Crippen LogP contribution in [0.2, 0.25) is 0 Å². The molecule has 1 aliphatic carbocycles. The smallest absolute Gasteiger partial charge is 0.0958 e. The lowest BCUT2D eigenvalue weighted by molar-refractivity contribution is 0.226. The molecule has 2 nitrogen and oxygen atoms in total. The van der Waals surface area contributed by atoms with Crippen LogP contribution in [0.25, 0.3) is 0 Å². The highest BCUT2D eigenvalue weighted by atomic mass is 127. The second-order valence-electron chi connectivity index (χ2n) is 3.07. The van der Waals surface area contributed by atoms with Crippen LogP contribution in [0.15, 0.2) is 35.6 Å². The number of hydrogen-bond donors (Lipinski definition) is 0. The van der Waals surface area contributed by atoms with Gasteiger partial charge in [-0.2, -0.15) is 0 Å². The van der Waals surface area contributed by atoms with Crippen LogP contribution in [0.1, 0.15) is 12.8 Å². The Balaban J connectivity index is 0.00000169. The van der Waals surface area contributed by atoms with Gasteiger partial charge in [-0.25, -0.2) is 0 Å². The summed E-state index contributed by atoms with van der Waals surface area (Å²) in [6, 6.07) is 0. The van der Waals surface area contributed by atoms with E-state index in [0.717, 1.165) is 24.2 Å². The number of halogens is 1. The molecule has 0 heterocycles. The molecule has 0 amide bonds. The van der Waals surface area contributed by atoms with Crippen molar-refractivity contribution >= 4 is 24.0 Å². The standard InChI is InChI=1S/C11H16O2.HI/c1-9(8-12-2)10-4-6-11(13-3)7-5-10;/h4,6H,1,5,7-8H2,2-3H3;1H. The molecule has 0 unspecified atom stereocenters. The van der Waals surface area contributed by atoms with E-state index in [9.17, 15) is 0 Å². The predicted octanol–water partition coefficient (Wildman–Crippen LogP) is 3.06. The van der Waals surface area contributed by atoms with E-state index >= 15 is 0 Å². The summed E-state index contributed by atoms with van der Waals surface area (Å²) < 4.78 is 10.2. The van der Waals surface area contributed by atoms with Crippen LogP contribution in [-0.4, -0.2) is 20.8 Å². The second kappa shape index (κ2) is 7.06. The van der Waals surface area contributed by atoms with E-state index in [1.807, 2.05) is 6.08 Å². The normalized spacial score (nSPS) is 15.0. The van der Waals surface area contributed by atoms with E-state index in [1.54, 1.807) is 14.2 Å². The summed E-state index contributed by atoms with van der Waals surface area (Å²) in [5.41, 5.74) is 2.33. The molecule has 80 valence electrons. The molecule has 0 spiro atoms. The largest absolute Gasteiger partial charge is 0.501 e. The Morgan fingerprint density at radius 1 is 1.36 bits per heavy atom. The molecule has 14 heavy (non-hydrogen) atoms. The summed E-state index contributed by atoms with van der Waals surface area (Å²) in [4.78, 5) is 0. The maximum Gasteiger partial charge on any atom is 0.0958 e. The highest BCUT2D eigenvalue weighted by Gasteiger charge is 2.08. The Bertz CT molecular complexity index is 254. The minimum atomic E-state index is 0. The SMILES string of the molecule is C=C(COC)C1=CC=C(OC)CC1.I. The van der Waals surface area contributed by atoms with Crippen LogP contribution >= 0.6 is 24.0 Å². The molecule has 0 fully saturated rings. The van der Waals surface area contributed by atoms with Crippen molar-refractivity contribution in [2.45, 2.75) is 12.8 Å². The molecule has 1 aliphatic rings. The first-order valence-corrected chi connectivity index (χ1v) is 4.38. The molecule has 0 saturated heterocycles. The van der Waals surface area contributed by atoms with Crippen molar-refractivity contribution in [2.24, 2.45) is 0 Å². The summed E-state index contributed by atoms with van der Waals surface area (Å²) in [6.07, 6.45) is 6.02. The van der Waals surface area contributed by atoms with Gasteiger partial charge in [-0.05, 0) is 23.6 Å². The topological polar surface area (TPSA) is 18.5 Å². The molecule has 0 N–H and O–H groups in total. The number of methoxy groups -OCH3 is 2. The summed E-state index contributed by atoms with van der Waals surface area (Å²) in [5.74, 6) is 1.04. The van der Waals surface area contributed by atoms with Gasteiger partial charge in [-0.3, -0.25) is 0 Å². The van der Waals surface area contributed by atoms with Gasteiger partial charge in [0.1, 0.15) is 0 Å². The zero-order valence-electron chi connectivity index (χ0n) is 8.71. The van der Waals surface area contributed by atoms with Crippen LogP contribution in [-0.2, 0) is 9.47 Å². The van der Waals surface area contributed by atoms with Crippen LogP contribution in [0.3, 0.4) is 0 Å². The van der Waals surface area contributed by atoms with Gasteiger partial charge in [-0.1, -0.05) is 12.7 Å². The Morgan fingerprint density at radius 2 is 2.07 bits per heavy atom. The Morgan fingerprint density at radius 3 is 2.50 bits per heavy atom. The molecule has 0 saturated carbocycles. The number of hydrogen-bond acceptors (Lipinski definition) is 2. The van der Waals surface area contributed by atoms with Gasteiger partial charge in [0.25, 0.3) is 0 Å². The highest BCUT2D eigenvalue weighted by Crippen LogP contribution is 2.23. The molecule has 0 aromatic heterocycles. The Kier molecular flexibility index (Phi) is 6.92. The third-order valence-corrected chi connectivity index (χ3v) is 2.15. The van der Waals surface area contributed by atoms with E-state index < -0.39 is 0 Å². The molecule has 3 heteroatoms. The molecule has 0 aromatic carbocycles. The first-order valence-electron chi connectivity index (χ1n) is 4.38. The summed E-state index contributed by atoms with van der Waals surface area (Å²) in [5, 5.41) is 0. The molecule has 0 bridgehead atoms. The number of allylic oxidation sites excluding steroid dienone is 3. The molecule has 0 aromatic rings. The van der Waals surface area contributed by atoms with E-state index in [4.69, 9.17) is 9.47 Å². The van der Waals surface area contributed by atoms with Crippen molar-refractivity contribution < 1.29 is 9.47 Å². The molecular formula is C11H17IO2. The van der Waals surface area contributed by atoms with E-state index in [2.05, 4.69) is 12.7 Å². The fourth-order valence-corrected chi connectivity index (χ4v) is 1.35. The van der Waals surface area contributed by atoms with Gasteiger partial charge in [-0.15, -0.1) is 24.0 Å². The van der Waals surface area contributed by atoms with Gasteiger partial charge in [0.15, 0.2) is 0 Å². The Labute approximate surface area is 103 Å². The average molecular weight is 308 g/mol. The van der Waals surface area contributed by atoms with Crippen LogP contribution < -0.4 is 0 Å². The monoisotopic (exact) mass is 308 g/mol. The maximum atomic E-state index is 5.13. The highest BCUT2D eigenvalue weighted by molar-refractivity contribution is 14.0. The lowest BCUT2D eigenvalue weighted by atomic mass is 9.98. The van der Waals surface area contributed by atoms with Crippen molar-refractivity contribution in [2.75, 3.05) is 20.8 Å². The fraction of sp³-hybridized carbons (Fsp3) is 0.455. The zero-order valence-corrected chi connectivity index (χ0v) is 11.0. The minimum absolute atomic E-state index is 0. The predicted molar refractivity (Wildman–Crippen MR) is 68.8 cm³/mol. The first-order chi connectivity index (χ1) is 6.27. The zero-order chi connectivity index (χ0) is 9.68. The van der Waals surface area contributed by atoms with Crippen LogP contribution in [0.5, 0.6) is 0 Å². The molecular weight excluding hydrogens is 291 g/mol. The average Bonchev–Trinajstić information content (AvgIpc) is 2.18.